The Bertz CT molecular complexity index is 2020. The summed E-state index contributed by atoms with van der Waals surface area (Å²) < 4.78 is 55.1. The highest BCUT2D eigenvalue weighted by molar-refractivity contribution is 7.44. The molecule has 0 amide bonds. The fourth-order valence-electron chi connectivity index (χ4n) is 7.71. The molecule has 14 nitrogen and oxygen atoms in total. The zero-order valence-corrected chi connectivity index (χ0v) is 34.2. The lowest BCUT2D eigenvalue weighted by atomic mass is 9.79. The number of aromatic amines is 1. The second kappa shape index (κ2) is 18.4. The van der Waals surface area contributed by atoms with Gasteiger partial charge in [-0.3, -0.25) is 14.3 Å². The van der Waals surface area contributed by atoms with Crippen LogP contribution in [0.15, 0.2) is 101 Å². The molecular weight excluding hydrogens is 751 g/mol. The summed E-state index contributed by atoms with van der Waals surface area (Å²) in [5.41, 5.74) is -1.46. The van der Waals surface area contributed by atoms with E-state index in [0.717, 1.165) is 16.7 Å². The van der Waals surface area contributed by atoms with Gasteiger partial charge in [-0.2, -0.15) is 5.26 Å². The number of nitriles is 1. The number of ether oxygens (including phenoxy) is 6. The van der Waals surface area contributed by atoms with E-state index in [1.54, 1.807) is 21.3 Å². The van der Waals surface area contributed by atoms with Crippen LogP contribution in [0.5, 0.6) is 11.5 Å². The van der Waals surface area contributed by atoms with E-state index in [1.165, 1.54) is 16.8 Å². The lowest BCUT2D eigenvalue weighted by molar-refractivity contribution is -0.244. The molecule has 2 aliphatic heterocycles. The molecule has 15 heteroatoms. The number of nitrogens with zero attached hydrogens (tertiary/aromatic N) is 3. The second-order valence-corrected chi connectivity index (χ2v) is 15.8. The molecule has 2 aliphatic rings. The first-order valence-corrected chi connectivity index (χ1v) is 20.0. The maximum atomic E-state index is 13.4. The minimum atomic E-state index is -1.83. The Morgan fingerprint density at radius 3 is 2.02 bits per heavy atom. The van der Waals surface area contributed by atoms with Crippen molar-refractivity contribution in [1.82, 2.24) is 14.2 Å². The molecule has 6 rings (SSSR count). The summed E-state index contributed by atoms with van der Waals surface area (Å²) in [6, 6.07) is 28.7. The minimum absolute atomic E-state index is 0.00505. The smallest absolute Gasteiger partial charge is 0.330 e. The van der Waals surface area contributed by atoms with Crippen molar-refractivity contribution >= 4 is 8.53 Å². The van der Waals surface area contributed by atoms with Crippen LogP contribution in [-0.4, -0.2) is 91.4 Å². The van der Waals surface area contributed by atoms with E-state index >= 15 is 0 Å². The predicted molar refractivity (Wildman–Crippen MR) is 213 cm³/mol. The first kappa shape index (κ1) is 42.2. The Balaban J connectivity index is 1.54. The summed E-state index contributed by atoms with van der Waals surface area (Å²) >= 11 is 0. The number of benzene rings is 3. The highest BCUT2D eigenvalue weighted by Crippen LogP contribution is 2.58. The molecular formula is C42H51N4O10P. The number of rotatable bonds is 19. The quantitative estimate of drug-likeness (QED) is 0.0682. The molecule has 0 radical (unpaired) electrons. The third-order valence-electron chi connectivity index (χ3n) is 10.3. The fraction of sp³-hybridized carbons (Fsp3) is 0.452. The molecule has 1 unspecified atom stereocenters. The molecule has 2 saturated heterocycles. The van der Waals surface area contributed by atoms with E-state index < -0.39 is 55.5 Å². The largest absolute Gasteiger partial charge is 0.497 e. The highest BCUT2D eigenvalue weighted by Gasteiger charge is 2.70. The number of H-pyrrole nitrogens is 1. The van der Waals surface area contributed by atoms with Crippen LogP contribution in [0, 0.1) is 11.3 Å². The van der Waals surface area contributed by atoms with Gasteiger partial charge in [0.05, 0.1) is 46.5 Å². The molecule has 304 valence electrons. The van der Waals surface area contributed by atoms with Crippen LogP contribution < -0.4 is 20.7 Å². The summed E-state index contributed by atoms with van der Waals surface area (Å²) in [5.74, 6) is 1.35. The van der Waals surface area contributed by atoms with Crippen LogP contribution in [-0.2, 0) is 33.6 Å². The van der Waals surface area contributed by atoms with Crippen LogP contribution in [0.25, 0.3) is 0 Å². The second-order valence-electron chi connectivity index (χ2n) is 14.4. The summed E-state index contributed by atoms with van der Waals surface area (Å²) in [6.07, 6.45) is -2.00. The van der Waals surface area contributed by atoms with Gasteiger partial charge in [-0.25, -0.2) is 9.46 Å². The van der Waals surface area contributed by atoms with Crippen molar-refractivity contribution in [2.45, 2.75) is 81.9 Å². The normalized spacial score (nSPS) is 22.3. The van der Waals surface area contributed by atoms with Crippen LogP contribution in [0.4, 0.5) is 0 Å². The van der Waals surface area contributed by atoms with Crippen molar-refractivity contribution in [2.75, 3.05) is 41.2 Å². The highest BCUT2D eigenvalue weighted by atomic mass is 31.2. The van der Waals surface area contributed by atoms with E-state index in [-0.39, 0.29) is 38.3 Å². The van der Waals surface area contributed by atoms with Gasteiger partial charge in [0.25, 0.3) is 14.1 Å². The molecule has 2 fully saturated rings. The molecule has 0 spiro atoms. The van der Waals surface area contributed by atoms with Gasteiger partial charge in [0.1, 0.15) is 35.4 Å². The lowest BCUT2D eigenvalue weighted by Gasteiger charge is -2.43. The molecule has 2 bridgehead atoms. The van der Waals surface area contributed by atoms with Crippen molar-refractivity contribution in [1.29, 1.82) is 5.26 Å². The van der Waals surface area contributed by atoms with Gasteiger partial charge in [-0.15, -0.1) is 0 Å². The van der Waals surface area contributed by atoms with Crippen molar-refractivity contribution in [2.24, 2.45) is 0 Å². The average Bonchev–Trinajstić information content (AvgIpc) is 3.66. The number of hydrogen-bond acceptors (Lipinski definition) is 12. The van der Waals surface area contributed by atoms with Crippen molar-refractivity contribution in [3.05, 3.63) is 129 Å². The van der Waals surface area contributed by atoms with Crippen molar-refractivity contribution in [3.8, 4) is 17.6 Å². The molecule has 4 aromatic rings. The van der Waals surface area contributed by atoms with Crippen LogP contribution in [0.2, 0.25) is 0 Å². The van der Waals surface area contributed by atoms with E-state index in [9.17, 15) is 14.9 Å². The minimum Gasteiger partial charge on any atom is -0.497 e. The van der Waals surface area contributed by atoms with Gasteiger partial charge >= 0.3 is 5.69 Å². The number of methoxy groups -OCH3 is 3. The van der Waals surface area contributed by atoms with Gasteiger partial charge in [0, 0.05) is 31.5 Å². The first-order chi connectivity index (χ1) is 27.5. The first-order valence-electron chi connectivity index (χ1n) is 18.9. The molecule has 57 heavy (non-hydrogen) atoms. The zero-order chi connectivity index (χ0) is 40.7. The van der Waals surface area contributed by atoms with Gasteiger partial charge in [-0.05, 0) is 68.7 Å². The van der Waals surface area contributed by atoms with Gasteiger partial charge in [0.15, 0.2) is 11.8 Å². The Hall–Kier alpha value is -4.42. The van der Waals surface area contributed by atoms with Crippen LogP contribution in [0.3, 0.4) is 0 Å². The summed E-state index contributed by atoms with van der Waals surface area (Å²) in [7, 11) is 2.98. The summed E-state index contributed by atoms with van der Waals surface area (Å²) in [6.45, 7) is 8.31. The third-order valence-corrected chi connectivity index (χ3v) is 12.4. The monoisotopic (exact) mass is 802 g/mol. The maximum Gasteiger partial charge on any atom is 0.330 e. The third kappa shape index (κ3) is 8.44. The standard InChI is InChI=1S/C42H51N4O10P/c1-28(2)46(29(3)4)57(53-25-11-23-43)56-38-37-39(45-24-22-36(47)44-40(45)48)55-41(38,35(54-37)26-49-5)27-52-42(30-12-9-8-10-13-30,31-14-18-33(50-6)19-15-31)32-16-20-34(51-7)21-17-32/h8-10,12-22,24,28-29,35,37-39H,11,25-27H2,1-7H3,(H,44,47,48)/t35-,37+,38-,39+,41-,57?/m0/s1. The zero-order valence-electron chi connectivity index (χ0n) is 33.3. The average molecular weight is 803 g/mol. The molecule has 0 saturated carbocycles. The van der Waals surface area contributed by atoms with E-state index in [2.05, 4.69) is 43.4 Å². The summed E-state index contributed by atoms with van der Waals surface area (Å²) in [5, 5.41) is 9.42. The topological polar surface area (TPSA) is 156 Å². The molecule has 3 heterocycles. The Morgan fingerprint density at radius 2 is 1.49 bits per heavy atom. The van der Waals surface area contributed by atoms with Crippen molar-refractivity contribution < 1.29 is 37.5 Å². The van der Waals surface area contributed by atoms with Crippen molar-refractivity contribution in [3.63, 3.8) is 0 Å². The lowest BCUT2D eigenvalue weighted by Crippen LogP contribution is -2.55. The predicted octanol–water partition coefficient (Wildman–Crippen LogP) is 5.91. The molecule has 6 atom stereocenters. The maximum absolute atomic E-state index is 13.4. The van der Waals surface area contributed by atoms with Crippen LogP contribution >= 0.6 is 8.53 Å². The number of aromatic nitrogens is 2. The Kier molecular flexibility index (Phi) is 13.7. The van der Waals surface area contributed by atoms with Gasteiger partial charge in [0.2, 0.25) is 0 Å². The number of fused-ring (bicyclic) bond motifs is 2. The molecule has 1 aromatic heterocycles. The van der Waals surface area contributed by atoms with E-state index in [4.69, 9.17) is 37.5 Å². The molecule has 1 N–H and O–H groups in total. The SMILES string of the molecule is COC[C@@H]1O[C@H]2[C@H](n3ccc(=O)[nH]c3=O)O[C@]1(COC(c1ccccc1)(c1ccc(OC)cc1)c1ccc(OC)cc1)[C@H]2OP(OCCC#N)N(C(C)C)C(C)C. The summed E-state index contributed by atoms with van der Waals surface area (Å²) in [4.78, 5) is 27.9. The Morgan fingerprint density at radius 1 is 0.895 bits per heavy atom. The van der Waals surface area contributed by atoms with Crippen LogP contribution in [0.1, 0.15) is 57.0 Å². The van der Waals surface area contributed by atoms with Gasteiger partial charge < -0.3 is 37.5 Å². The molecule has 0 aliphatic carbocycles. The Labute approximate surface area is 334 Å². The number of nitrogens with one attached hydrogen (secondary N) is 1. The number of hydrogen-bond donors (Lipinski definition) is 1. The fourth-order valence-corrected chi connectivity index (χ4v) is 9.51. The van der Waals surface area contributed by atoms with E-state index in [1.807, 2.05) is 78.9 Å². The van der Waals surface area contributed by atoms with Gasteiger partial charge in [-0.1, -0.05) is 54.6 Å². The molecule has 3 aromatic carbocycles. The van der Waals surface area contributed by atoms with E-state index in [0.29, 0.717) is 11.5 Å².